The Labute approximate surface area is 191 Å². The first-order valence-electron chi connectivity index (χ1n) is 9.92. The third-order valence-corrected chi connectivity index (χ3v) is 5.88. The van der Waals surface area contributed by atoms with Crippen LogP contribution in [0.5, 0.6) is 0 Å². The fourth-order valence-electron chi connectivity index (χ4n) is 3.57. The molecule has 0 aliphatic carbocycles. The Balaban J connectivity index is 1.78. The molecule has 2 heterocycles. The van der Waals surface area contributed by atoms with Crippen LogP contribution in [0.3, 0.4) is 0 Å². The van der Waals surface area contributed by atoms with E-state index in [1.165, 1.54) is 5.56 Å². The van der Waals surface area contributed by atoms with Gasteiger partial charge < -0.3 is 19.5 Å². The quantitative estimate of drug-likeness (QED) is 0.525. The van der Waals surface area contributed by atoms with Gasteiger partial charge in [0, 0.05) is 29.9 Å². The molecule has 0 spiro atoms. The normalized spacial score (nSPS) is 16.6. The van der Waals surface area contributed by atoms with E-state index in [-0.39, 0.29) is 6.04 Å². The molecule has 8 heteroatoms. The molecule has 1 unspecified atom stereocenters. The monoisotopic (exact) mass is 454 g/mol. The Bertz CT molecular complexity index is 1110. The van der Waals surface area contributed by atoms with Gasteiger partial charge in [-0.25, -0.2) is 0 Å². The molecule has 1 atom stereocenters. The van der Waals surface area contributed by atoms with Gasteiger partial charge in [-0.05, 0) is 55.9 Å². The molecule has 1 N–H and O–H groups in total. The van der Waals surface area contributed by atoms with Crippen molar-refractivity contribution in [1.82, 2.24) is 20.4 Å². The Morgan fingerprint density at radius 3 is 2.52 bits per heavy atom. The van der Waals surface area contributed by atoms with Crippen molar-refractivity contribution < 1.29 is 9.26 Å². The van der Waals surface area contributed by atoms with Crippen molar-refractivity contribution in [1.29, 1.82) is 0 Å². The predicted molar refractivity (Wildman–Crippen MR) is 126 cm³/mol. The molecule has 0 amide bonds. The first kappa shape index (κ1) is 21.5. The Kier molecular flexibility index (Phi) is 6.36. The lowest BCUT2D eigenvalue weighted by atomic mass is 9.94. The van der Waals surface area contributed by atoms with E-state index in [2.05, 4.69) is 41.7 Å². The zero-order valence-electron chi connectivity index (χ0n) is 17.6. The molecular formula is C23H23ClN4O2S. The number of allylic oxidation sites excluding steroid dienone is 1. The average molecular weight is 455 g/mol. The molecule has 6 nitrogen and oxygen atoms in total. The zero-order valence-corrected chi connectivity index (χ0v) is 19.1. The van der Waals surface area contributed by atoms with Crippen LogP contribution in [0.25, 0.3) is 17.0 Å². The van der Waals surface area contributed by atoms with E-state index in [9.17, 15) is 0 Å². The summed E-state index contributed by atoms with van der Waals surface area (Å²) in [5.74, 6) is 0.955. The summed E-state index contributed by atoms with van der Waals surface area (Å²) in [5, 5.41) is 8.95. The number of aromatic nitrogens is 2. The first-order chi connectivity index (χ1) is 15.0. The number of thiocarbonyl (C=S) groups is 1. The van der Waals surface area contributed by atoms with Crippen molar-refractivity contribution >= 4 is 34.5 Å². The van der Waals surface area contributed by atoms with E-state index < -0.39 is 0 Å². The number of ether oxygens (including phenoxy) is 1. The second-order valence-electron chi connectivity index (χ2n) is 7.37. The van der Waals surface area contributed by atoms with E-state index >= 15 is 0 Å². The molecule has 0 bridgehead atoms. The first-order valence-corrected chi connectivity index (χ1v) is 10.7. The van der Waals surface area contributed by atoms with E-state index in [0.29, 0.717) is 35.0 Å². The standard InChI is InChI=1S/C23H23ClN4O2S/c1-14-4-6-16(7-5-14)20-19(15(2)28(12-13-29-3)23(31)25-20)22-26-21(27-30-22)17-8-10-18(24)11-9-17/h4-11,20H,12-13H2,1-3H3,(H,25,31). The number of nitrogens with one attached hydrogen (secondary N) is 1. The van der Waals surface area contributed by atoms with Crippen LogP contribution in [0.1, 0.15) is 30.0 Å². The molecule has 1 aliphatic heterocycles. The van der Waals surface area contributed by atoms with Crippen LogP contribution in [-0.4, -0.2) is 40.4 Å². The lowest BCUT2D eigenvalue weighted by Gasteiger charge is -2.37. The second kappa shape index (κ2) is 9.18. The largest absolute Gasteiger partial charge is 0.383 e. The van der Waals surface area contributed by atoms with Crippen molar-refractivity contribution in [3.05, 3.63) is 76.3 Å². The van der Waals surface area contributed by atoms with Crippen LogP contribution in [0, 0.1) is 6.92 Å². The van der Waals surface area contributed by atoms with Gasteiger partial charge in [0.2, 0.25) is 5.82 Å². The molecule has 2 aromatic carbocycles. The van der Waals surface area contributed by atoms with Gasteiger partial charge >= 0.3 is 0 Å². The van der Waals surface area contributed by atoms with Gasteiger partial charge in [0.05, 0.1) is 18.2 Å². The van der Waals surface area contributed by atoms with Crippen molar-refractivity contribution in [3.8, 4) is 11.4 Å². The number of hydrogen-bond acceptors (Lipinski definition) is 5. The minimum absolute atomic E-state index is 0.203. The number of aryl methyl sites for hydroxylation is 1. The molecule has 0 radical (unpaired) electrons. The molecule has 3 aromatic rings. The van der Waals surface area contributed by atoms with Crippen molar-refractivity contribution in [2.45, 2.75) is 19.9 Å². The number of benzene rings is 2. The third kappa shape index (κ3) is 4.49. The van der Waals surface area contributed by atoms with Crippen molar-refractivity contribution in [3.63, 3.8) is 0 Å². The van der Waals surface area contributed by atoms with E-state index in [4.69, 9.17) is 38.1 Å². The van der Waals surface area contributed by atoms with Gasteiger partial charge in [-0.1, -0.05) is 46.6 Å². The minimum Gasteiger partial charge on any atom is -0.383 e. The summed E-state index contributed by atoms with van der Waals surface area (Å²) in [6, 6.07) is 15.5. The maximum atomic E-state index is 6.01. The molecule has 0 saturated carbocycles. The van der Waals surface area contributed by atoms with Crippen molar-refractivity contribution in [2.75, 3.05) is 20.3 Å². The summed E-state index contributed by atoms with van der Waals surface area (Å²) in [6.07, 6.45) is 0. The highest BCUT2D eigenvalue weighted by molar-refractivity contribution is 7.80. The maximum Gasteiger partial charge on any atom is 0.258 e. The molecule has 160 valence electrons. The summed E-state index contributed by atoms with van der Waals surface area (Å²) in [5.41, 5.74) is 4.94. The zero-order chi connectivity index (χ0) is 22.0. The summed E-state index contributed by atoms with van der Waals surface area (Å²) in [4.78, 5) is 6.70. The minimum atomic E-state index is -0.203. The highest BCUT2D eigenvalue weighted by Gasteiger charge is 2.33. The predicted octanol–water partition coefficient (Wildman–Crippen LogP) is 5.01. The number of methoxy groups -OCH3 is 1. The van der Waals surface area contributed by atoms with Crippen LogP contribution in [-0.2, 0) is 4.74 Å². The lowest BCUT2D eigenvalue weighted by Crippen LogP contribution is -2.47. The van der Waals surface area contributed by atoms with Gasteiger partial charge in [-0.15, -0.1) is 0 Å². The lowest BCUT2D eigenvalue weighted by molar-refractivity contribution is 0.183. The smallest absolute Gasteiger partial charge is 0.258 e. The molecule has 31 heavy (non-hydrogen) atoms. The van der Waals surface area contributed by atoms with Crippen LogP contribution in [0.15, 0.2) is 58.8 Å². The molecule has 0 fully saturated rings. The Morgan fingerprint density at radius 1 is 1.13 bits per heavy atom. The Hall–Kier alpha value is -2.74. The molecule has 0 saturated heterocycles. The molecular weight excluding hydrogens is 432 g/mol. The van der Waals surface area contributed by atoms with Gasteiger partial charge in [-0.3, -0.25) is 0 Å². The second-order valence-corrected chi connectivity index (χ2v) is 8.19. The van der Waals surface area contributed by atoms with Crippen LogP contribution >= 0.6 is 23.8 Å². The van der Waals surface area contributed by atoms with Gasteiger partial charge in [0.1, 0.15) is 0 Å². The van der Waals surface area contributed by atoms with E-state index in [1.807, 2.05) is 24.0 Å². The van der Waals surface area contributed by atoms with E-state index in [0.717, 1.165) is 22.4 Å². The number of halogens is 1. The highest BCUT2D eigenvalue weighted by Crippen LogP contribution is 2.37. The molecule has 1 aromatic heterocycles. The summed E-state index contributed by atoms with van der Waals surface area (Å²) in [6.45, 7) is 5.25. The SMILES string of the molecule is COCCN1C(=S)NC(c2ccc(C)cc2)C(c2nc(-c3ccc(Cl)cc3)no2)=C1C. The fraction of sp³-hybridized carbons (Fsp3) is 0.261. The number of rotatable bonds is 6. The van der Waals surface area contributed by atoms with Gasteiger partial charge in [-0.2, -0.15) is 4.98 Å². The number of nitrogens with zero attached hydrogens (tertiary/aromatic N) is 3. The average Bonchev–Trinajstić information content (AvgIpc) is 3.24. The summed E-state index contributed by atoms with van der Waals surface area (Å²) in [7, 11) is 1.67. The number of hydrogen-bond donors (Lipinski definition) is 1. The molecule has 4 rings (SSSR count). The highest BCUT2D eigenvalue weighted by atomic mass is 35.5. The van der Waals surface area contributed by atoms with Gasteiger partial charge in [0.25, 0.3) is 5.89 Å². The topological polar surface area (TPSA) is 63.4 Å². The maximum absolute atomic E-state index is 6.01. The Morgan fingerprint density at radius 2 is 1.84 bits per heavy atom. The van der Waals surface area contributed by atoms with E-state index in [1.54, 1.807) is 19.2 Å². The van der Waals surface area contributed by atoms with Crippen LogP contribution in [0.2, 0.25) is 5.02 Å². The van der Waals surface area contributed by atoms with Gasteiger partial charge in [0.15, 0.2) is 5.11 Å². The van der Waals surface area contributed by atoms with Crippen LogP contribution in [0.4, 0.5) is 0 Å². The summed E-state index contributed by atoms with van der Waals surface area (Å²) >= 11 is 11.7. The summed E-state index contributed by atoms with van der Waals surface area (Å²) < 4.78 is 11.0. The third-order valence-electron chi connectivity index (χ3n) is 5.28. The molecule has 1 aliphatic rings. The van der Waals surface area contributed by atoms with Crippen molar-refractivity contribution in [2.24, 2.45) is 0 Å². The van der Waals surface area contributed by atoms with Crippen LogP contribution < -0.4 is 5.32 Å². The fourth-order valence-corrected chi connectivity index (χ4v) is 4.04.